The number of aryl methyl sites for hydroxylation is 1. The van der Waals surface area contributed by atoms with Crippen LogP contribution < -0.4 is 5.32 Å². The SMILES string of the molecule is Cn1nccc1-c1cnc(C2COCCN2)[nH]1. The second-order valence-electron chi connectivity index (χ2n) is 4.10. The number of nitrogens with zero attached hydrogens (tertiary/aromatic N) is 3. The predicted molar refractivity (Wildman–Crippen MR) is 62.4 cm³/mol. The topological polar surface area (TPSA) is 67.8 Å². The van der Waals surface area contributed by atoms with Crippen molar-refractivity contribution in [3.8, 4) is 11.4 Å². The number of hydrogen-bond donors (Lipinski definition) is 2. The lowest BCUT2D eigenvalue weighted by Crippen LogP contribution is -2.35. The van der Waals surface area contributed by atoms with Crippen molar-refractivity contribution in [2.75, 3.05) is 19.8 Å². The number of aromatic amines is 1. The fourth-order valence-electron chi connectivity index (χ4n) is 2.02. The molecular formula is C11H15N5O. The summed E-state index contributed by atoms with van der Waals surface area (Å²) < 4.78 is 7.24. The molecule has 90 valence electrons. The van der Waals surface area contributed by atoms with Crippen LogP contribution >= 0.6 is 0 Å². The number of ether oxygens (including phenoxy) is 1. The highest BCUT2D eigenvalue weighted by molar-refractivity contribution is 5.53. The number of aromatic nitrogens is 4. The van der Waals surface area contributed by atoms with Crippen molar-refractivity contribution < 1.29 is 4.74 Å². The van der Waals surface area contributed by atoms with Gasteiger partial charge in [-0.1, -0.05) is 0 Å². The molecule has 6 heteroatoms. The van der Waals surface area contributed by atoms with E-state index in [0.717, 1.165) is 30.4 Å². The first-order chi connectivity index (χ1) is 8.34. The minimum atomic E-state index is 0.158. The van der Waals surface area contributed by atoms with Crippen LogP contribution in [0.2, 0.25) is 0 Å². The van der Waals surface area contributed by atoms with Crippen LogP contribution in [-0.2, 0) is 11.8 Å². The molecule has 1 aliphatic rings. The van der Waals surface area contributed by atoms with Gasteiger partial charge in [-0.25, -0.2) is 4.98 Å². The molecule has 0 aliphatic carbocycles. The molecule has 2 N–H and O–H groups in total. The summed E-state index contributed by atoms with van der Waals surface area (Å²) in [5, 5.41) is 7.51. The van der Waals surface area contributed by atoms with Gasteiger partial charge in [0, 0.05) is 19.8 Å². The Bertz CT molecular complexity index is 497. The van der Waals surface area contributed by atoms with Crippen LogP contribution in [0.25, 0.3) is 11.4 Å². The smallest absolute Gasteiger partial charge is 0.126 e. The summed E-state index contributed by atoms with van der Waals surface area (Å²) >= 11 is 0. The van der Waals surface area contributed by atoms with Crippen LogP contribution in [0.3, 0.4) is 0 Å². The summed E-state index contributed by atoms with van der Waals surface area (Å²) in [6, 6.07) is 2.12. The zero-order chi connectivity index (χ0) is 11.7. The molecule has 2 aromatic rings. The van der Waals surface area contributed by atoms with Gasteiger partial charge in [0.05, 0.1) is 36.8 Å². The first kappa shape index (κ1) is 10.5. The number of nitrogens with one attached hydrogen (secondary N) is 2. The monoisotopic (exact) mass is 233 g/mol. The average Bonchev–Trinajstić information content (AvgIpc) is 2.98. The first-order valence-corrected chi connectivity index (χ1v) is 5.69. The molecule has 1 saturated heterocycles. The third-order valence-electron chi connectivity index (χ3n) is 2.94. The van der Waals surface area contributed by atoms with Crippen LogP contribution in [0.5, 0.6) is 0 Å². The van der Waals surface area contributed by atoms with Crippen molar-refractivity contribution in [3.63, 3.8) is 0 Å². The van der Waals surface area contributed by atoms with Gasteiger partial charge < -0.3 is 15.0 Å². The largest absolute Gasteiger partial charge is 0.378 e. The molecule has 0 amide bonds. The quantitative estimate of drug-likeness (QED) is 0.791. The van der Waals surface area contributed by atoms with E-state index in [4.69, 9.17) is 4.74 Å². The third kappa shape index (κ3) is 1.96. The lowest BCUT2D eigenvalue weighted by Gasteiger charge is -2.21. The highest BCUT2D eigenvalue weighted by Gasteiger charge is 2.18. The maximum atomic E-state index is 5.42. The van der Waals surface area contributed by atoms with Gasteiger partial charge in [-0.05, 0) is 6.07 Å². The molecule has 3 heterocycles. The molecule has 1 aliphatic heterocycles. The molecule has 6 nitrogen and oxygen atoms in total. The second-order valence-corrected chi connectivity index (χ2v) is 4.10. The fraction of sp³-hybridized carbons (Fsp3) is 0.455. The van der Waals surface area contributed by atoms with Crippen LogP contribution in [-0.4, -0.2) is 39.5 Å². The van der Waals surface area contributed by atoms with E-state index >= 15 is 0 Å². The lowest BCUT2D eigenvalue weighted by molar-refractivity contribution is 0.0745. The molecule has 1 unspecified atom stereocenters. The van der Waals surface area contributed by atoms with E-state index in [1.165, 1.54) is 0 Å². The van der Waals surface area contributed by atoms with Gasteiger partial charge in [0.2, 0.25) is 0 Å². The second kappa shape index (κ2) is 4.31. The van der Waals surface area contributed by atoms with E-state index in [1.807, 2.05) is 24.0 Å². The molecule has 0 radical (unpaired) electrons. The number of hydrogen-bond acceptors (Lipinski definition) is 4. The molecule has 17 heavy (non-hydrogen) atoms. The van der Waals surface area contributed by atoms with Crippen LogP contribution in [0.1, 0.15) is 11.9 Å². The van der Waals surface area contributed by atoms with Crippen molar-refractivity contribution in [1.29, 1.82) is 0 Å². The maximum Gasteiger partial charge on any atom is 0.126 e. The highest BCUT2D eigenvalue weighted by Crippen LogP contribution is 2.19. The van der Waals surface area contributed by atoms with E-state index < -0.39 is 0 Å². The summed E-state index contributed by atoms with van der Waals surface area (Å²) in [6.45, 7) is 2.30. The van der Waals surface area contributed by atoms with Gasteiger partial charge in [0.15, 0.2) is 0 Å². The summed E-state index contributed by atoms with van der Waals surface area (Å²) in [5.41, 5.74) is 2.01. The van der Waals surface area contributed by atoms with Crippen LogP contribution in [0.4, 0.5) is 0 Å². The van der Waals surface area contributed by atoms with Gasteiger partial charge in [-0.2, -0.15) is 5.10 Å². The molecule has 0 aromatic carbocycles. The summed E-state index contributed by atoms with van der Waals surface area (Å²) in [7, 11) is 1.91. The average molecular weight is 233 g/mol. The van der Waals surface area contributed by atoms with Gasteiger partial charge in [-0.15, -0.1) is 0 Å². The third-order valence-corrected chi connectivity index (χ3v) is 2.94. The Morgan fingerprint density at radius 3 is 3.18 bits per heavy atom. The van der Waals surface area contributed by atoms with Crippen molar-refractivity contribution in [2.45, 2.75) is 6.04 Å². The Labute approximate surface area is 99.0 Å². The molecule has 1 atom stereocenters. The van der Waals surface area contributed by atoms with Crippen molar-refractivity contribution in [1.82, 2.24) is 25.1 Å². The number of morpholine rings is 1. The normalized spacial score (nSPS) is 20.6. The number of H-pyrrole nitrogens is 1. The molecule has 0 saturated carbocycles. The van der Waals surface area contributed by atoms with Crippen molar-refractivity contribution >= 4 is 0 Å². The van der Waals surface area contributed by atoms with E-state index in [-0.39, 0.29) is 6.04 Å². The van der Waals surface area contributed by atoms with E-state index in [0.29, 0.717) is 6.61 Å². The number of imidazole rings is 1. The Hall–Kier alpha value is -1.66. The van der Waals surface area contributed by atoms with Crippen LogP contribution in [0.15, 0.2) is 18.5 Å². The standard InChI is InChI=1S/C11H15N5O/c1-16-10(2-3-14-16)8-6-13-11(15-8)9-7-17-5-4-12-9/h2-3,6,9,12H,4-5,7H2,1H3,(H,13,15). The van der Waals surface area contributed by atoms with Gasteiger partial charge >= 0.3 is 0 Å². The summed E-state index contributed by atoms with van der Waals surface area (Å²) in [5.74, 6) is 0.918. The zero-order valence-corrected chi connectivity index (χ0v) is 9.68. The minimum absolute atomic E-state index is 0.158. The Morgan fingerprint density at radius 2 is 2.47 bits per heavy atom. The van der Waals surface area contributed by atoms with E-state index in [9.17, 15) is 0 Å². The van der Waals surface area contributed by atoms with Crippen molar-refractivity contribution in [2.24, 2.45) is 7.05 Å². The van der Waals surface area contributed by atoms with Crippen LogP contribution in [0, 0.1) is 0 Å². The Kier molecular flexibility index (Phi) is 2.66. The molecule has 3 rings (SSSR count). The summed E-state index contributed by atoms with van der Waals surface area (Å²) in [4.78, 5) is 7.71. The molecule has 0 bridgehead atoms. The summed E-state index contributed by atoms with van der Waals surface area (Å²) in [6.07, 6.45) is 3.61. The van der Waals surface area contributed by atoms with Gasteiger partial charge in [0.25, 0.3) is 0 Å². The molecule has 2 aromatic heterocycles. The minimum Gasteiger partial charge on any atom is -0.378 e. The van der Waals surface area contributed by atoms with Gasteiger partial charge in [-0.3, -0.25) is 4.68 Å². The highest BCUT2D eigenvalue weighted by atomic mass is 16.5. The molecule has 0 spiro atoms. The molecular weight excluding hydrogens is 218 g/mol. The maximum absolute atomic E-state index is 5.42. The fourth-order valence-corrected chi connectivity index (χ4v) is 2.02. The predicted octanol–water partition coefficient (Wildman–Crippen LogP) is 0.471. The lowest BCUT2D eigenvalue weighted by atomic mass is 10.2. The first-order valence-electron chi connectivity index (χ1n) is 5.69. The number of rotatable bonds is 2. The van der Waals surface area contributed by atoms with E-state index in [2.05, 4.69) is 20.4 Å². The van der Waals surface area contributed by atoms with Gasteiger partial charge in [0.1, 0.15) is 5.82 Å². The Morgan fingerprint density at radius 1 is 1.53 bits per heavy atom. The van der Waals surface area contributed by atoms with Crippen molar-refractivity contribution in [3.05, 3.63) is 24.3 Å². The zero-order valence-electron chi connectivity index (χ0n) is 9.68. The van der Waals surface area contributed by atoms with E-state index in [1.54, 1.807) is 6.20 Å². The Balaban J connectivity index is 1.85. The molecule has 1 fully saturated rings.